The lowest BCUT2D eigenvalue weighted by molar-refractivity contribution is -0.132. The Labute approximate surface area is 85.0 Å². The lowest BCUT2D eigenvalue weighted by atomic mass is 9.91. The Kier molecular flexibility index (Phi) is 3.03. The molecule has 1 saturated carbocycles. The van der Waals surface area contributed by atoms with Crippen LogP contribution in [0.2, 0.25) is 0 Å². The third-order valence-electron chi connectivity index (χ3n) is 3.43. The van der Waals surface area contributed by atoms with Gasteiger partial charge in [0.1, 0.15) is 0 Å². The highest BCUT2D eigenvalue weighted by molar-refractivity contribution is 5.78. The highest BCUT2D eigenvalue weighted by Gasteiger charge is 2.28. The number of amides is 1. The number of rotatable bonds is 2. The van der Waals surface area contributed by atoms with Gasteiger partial charge in [-0.1, -0.05) is 6.42 Å². The van der Waals surface area contributed by atoms with Crippen LogP contribution in [0, 0.1) is 0 Å². The monoisotopic (exact) mass is 197 g/mol. The van der Waals surface area contributed by atoms with Crippen LogP contribution in [0.25, 0.3) is 0 Å². The molecule has 4 heteroatoms. The highest BCUT2D eigenvalue weighted by Crippen LogP contribution is 2.25. The number of nitrogens with zero attached hydrogens (tertiary/aromatic N) is 2. The standard InChI is InChI=1S/C10H19N3O/c11-8-10(14)13-6-4-12(5-7-13)9-2-1-3-9/h9H,1-8,11H2. The van der Waals surface area contributed by atoms with E-state index in [0.717, 1.165) is 32.2 Å². The third-order valence-corrected chi connectivity index (χ3v) is 3.43. The Morgan fingerprint density at radius 3 is 2.29 bits per heavy atom. The molecule has 0 aromatic rings. The predicted octanol–water partition coefficient (Wildman–Crippen LogP) is -0.358. The minimum Gasteiger partial charge on any atom is -0.339 e. The molecule has 0 unspecified atom stereocenters. The molecule has 0 aromatic carbocycles. The van der Waals surface area contributed by atoms with Gasteiger partial charge in [-0.15, -0.1) is 0 Å². The van der Waals surface area contributed by atoms with Gasteiger partial charge in [0.05, 0.1) is 6.54 Å². The molecule has 0 aromatic heterocycles. The minimum atomic E-state index is 0.0956. The SMILES string of the molecule is NCC(=O)N1CCN(C2CCC2)CC1. The predicted molar refractivity (Wildman–Crippen MR) is 54.8 cm³/mol. The Balaban J connectivity index is 1.76. The van der Waals surface area contributed by atoms with Crippen molar-refractivity contribution < 1.29 is 4.79 Å². The first kappa shape index (κ1) is 9.93. The second kappa shape index (κ2) is 4.28. The van der Waals surface area contributed by atoms with Gasteiger partial charge in [-0.05, 0) is 12.8 Å². The van der Waals surface area contributed by atoms with E-state index >= 15 is 0 Å². The normalized spacial score (nSPS) is 24.8. The molecule has 4 nitrogen and oxygen atoms in total. The van der Waals surface area contributed by atoms with E-state index in [1.54, 1.807) is 0 Å². The smallest absolute Gasteiger partial charge is 0.236 e. The van der Waals surface area contributed by atoms with Gasteiger partial charge in [-0.3, -0.25) is 9.69 Å². The van der Waals surface area contributed by atoms with Crippen LogP contribution >= 0.6 is 0 Å². The average molecular weight is 197 g/mol. The van der Waals surface area contributed by atoms with Crippen molar-refractivity contribution in [3.63, 3.8) is 0 Å². The second-order valence-electron chi connectivity index (χ2n) is 4.21. The fourth-order valence-corrected chi connectivity index (χ4v) is 2.22. The summed E-state index contributed by atoms with van der Waals surface area (Å²) in [5.74, 6) is 0.0956. The average Bonchev–Trinajstić information content (AvgIpc) is 2.15. The van der Waals surface area contributed by atoms with Crippen LogP contribution in [0.4, 0.5) is 0 Å². The van der Waals surface area contributed by atoms with Crippen molar-refractivity contribution in [1.29, 1.82) is 0 Å². The molecule has 2 fully saturated rings. The van der Waals surface area contributed by atoms with Crippen molar-refractivity contribution in [2.75, 3.05) is 32.7 Å². The zero-order valence-corrected chi connectivity index (χ0v) is 8.61. The molecule has 1 aliphatic heterocycles. The summed E-state index contributed by atoms with van der Waals surface area (Å²) in [6, 6.07) is 0.810. The van der Waals surface area contributed by atoms with Gasteiger partial charge in [-0.2, -0.15) is 0 Å². The van der Waals surface area contributed by atoms with Crippen LogP contribution in [0.1, 0.15) is 19.3 Å². The van der Waals surface area contributed by atoms with Crippen LogP contribution in [-0.4, -0.2) is 54.5 Å². The number of nitrogens with two attached hydrogens (primary N) is 1. The Morgan fingerprint density at radius 1 is 1.21 bits per heavy atom. The first-order valence-corrected chi connectivity index (χ1v) is 5.53. The Bertz CT molecular complexity index is 207. The van der Waals surface area contributed by atoms with Crippen LogP contribution in [-0.2, 0) is 4.79 Å². The topological polar surface area (TPSA) is 49.6 Å². The van der Waals surface area contributed by atoms with Gasteiger partial charge in [0.2, 0.25) is 5.91 Å². The molecule has 1 heterocycles. The van der Waals surface area contributed by atoms with Crippen molar-refractivity contribution >= 4 is 5.91 Å². The molecule has 0 atom stereocenters. The molecule has 0 spiro atoms. The van der Waals surface area contributed by atoms with Crippen LogP contribution in [0.15, 0.2) is 0 Å². The first-order chi connectivity index (χ1) is 6.81. The van der Waals surface area contributed by atoms with Crippen molar-refractivity contribution in [2.24, 2.45) is 5.73 Å². The summed E-state index contributed by atoms with van der Waals surface area (Å²) in [7, 11) is 0. The van der Waals surface area contributed by atoms with E-state index in [-0.39, 0.29) is 12.5 Å². The number of carbonyl (C=O) groups excluding carboxylic acids is 1. The largest absolute Gasteiger partial charge is 0.339 e. The first-order valence-electron chi connectivity index (χ1n) is 5.53. The van der Waals surface area contributed by atoms with E-state index in [1.807, 2.05) is 4.90 Å². The Hall–Kier alpha value is -0.610. The number of hydrogen-bond donors (Lipinski definition) is 1. The molecule has 2 N–H and O–H groups in total. The maximum Gasteiger partial charge on any atom is 0.236 e. The molecule has 80 valence electrons. The van der Waals surface area contributed by atoms with E-state index in [9.17, 15) is 4.79 Å². The lowest BCUT2D eigenvalue weighted by Gasteiger charge is -2.42. The molecule has 1 saturated heterocycles. The number of hydrogen-bond acceptors (Lipinski definition) is 3. The molecule has 1 aliphatic carbocycles. The van der Waals surface area contributed by atoms with Crippen LogP contribution in [0.3, 0.4) is 0 Å². The fourth-order valence-electron chi connectivity index (χ4n) is 2.22. The summed E-state index contributed by atoms with van der Waals surface area (Å²) < 4.78 is 0. The number of carbonyl (C=O) groups is 1. The zero-order valence-electron chi connectivity index (χ0n) is 8.61. The molecule has 0 radical (unpaired) electrons. The van der Waals surface area contributed by atoms with E-state index in [2.05, 4.69) is 4.90 Å². The lowest BCUT2D eigenvalue weighted by Crippen LogP contribution is -2.54. The quantitative estimate of drug-likeness (QED) is 0.658. The fraction of sp³-hybridized carbons (Fsp3) is 0.900. The summed E-state index contributed by atoms with van der Waals surface area (Å²) in [4.78, 5) is 15.7. The van der Waals surface area contributed by atoms with Gasteiger partial charge < -0.3 is 10.6 Å². The highest BCUT2D eigenvalue weighted by atomic mass is 16.2. The summed E-state index contributed by atoms with van der Waals surface area (Å²) in [6.07, 6.45) is 4.09. The summed E-state index contributed by atoms with van der Waals surface area (Å²) in [6.45, 7) is 3.97. The van der Waals surface area contributed by atoms with Gasteiger partial charge in [0, 0.05) is 32.2 Å². The molecular formula is C10H19N3O. The summed E-state index contributed by atoms with van der Waals surface area (Å²) in [5.41, 5.74) is 5.33. The van der Waals surface area contributed by atoms with E-state index in [4.69, 9.17) is 5.73 Å². The van der Waals surface area contributed by atoms with E-state index in [1.165, 1.54) is 19.3 Å². The third kappa shape index (κ3) is 1.91. The van der Waals surface area contributed by atoms with Crippen molar-refractivity contribution in [3.8, 4) is 0 Å². The van der Waals surface area contributed by atoms with Crippen molar-refractivity contribution in [1.82, 2.24) is 9.80 Å². The van der Waals surface area contributed by atoms with Gasteiger partial charge >= 0.3 is 0 Å². The van der Waals surface area contributed by atoms with Crippen molar-refractivity contribution in [3.05, 3.63) is 0 Å². The maximum absolute atomic E-state index is 11.3. The minimum absolute atomic E-state index is 0.0956. The molecule has 2 aliphatic rings. The number of piperazine rings is 1. The van der Waals surface area contributed by atoms with Crippen molar-refractivity contribution in [2.45, 2.75) is 25.3 Å². The molecule has 14 heavy (non-hydrogen) atoms. The van der Waals surface area contributed by atoms with Crippen LogP contribution in [0.5, 0.6) is 0 Å². The molecule has 0 bridgehead atoms. The van der Waals surface area contributed by atoms with Crippen LogP contribution < -0.4 is 5.73 Å². The maximum atomic E-state index is 11.3. The molecular weight excluding hydrogens is 178 g/mol. The Morgan fingerprint density at radius 2 is 1.86 bits per heavy atom. The van der Waals surface area contributed by atoms with Gasteiger partial charge in [-0.25, -0.2) is 0 Å². The van der Waals surface area contributed by atoms with Gasteiger partial charge in [0.25, 0.3) is 0 Å². The van der Waals surface area contributed by atoms with E-state index in [0.29, 0.717) is 0 Å². The summed E-state index contributed by atoms with van der Waals surface area (Å²) >= 11 is 0. The molecule has 1 amide bonds. The second-order valence-corrected chi connectivity index (χ2v) is 4.21. The van der Waals surface area contributed by atoms with E-state index < -0.39 is 0 Å². The zero-order chi connectivity index (χ0) is 9.97. The molecule has 2 rings (SSSR count). The van der Waals surface area contributed by atoms with Gasteiger partial charge in [0.15, 0.2) is 0 Å². The summed E-state index contributed by atoms with van der Waals surface area (Å²) in [5, 5.41) is 0.